The maximum absolute atomic E-state index is 10.4. The largest absolute Gasteiger partial charge is 0.390 e. The Morgan fingerprint density at radius 1 is 1.06 bits per heavy atom. The van der Waals surface area contributed by atoms with Crippen LogP contribution in [0.25, 0.3) is 0 Å². The summed E-state index contributed by atoms with van der Waals surface area (Å²) in [6, 6.07) is 8.73. The van der Waals surface area contributed by atoms with Gasteiger partial charge in [-0.3, -0.25) is 0 Å². The van der Waals surface area contributed by atoms with Crippen LogP contribution in [0.15, 0.2) is 24.3 Å². The molecular formula is C17H26O. The summed E-state index contributed by atoms with van der Waals surface area (Å²) in [5.74, 6) is 0.772. The molecule has 0 bridgehead atoms. The van der Waals surface area contributed by atoms with Crippen LogP contribution >= 0.6 is 0 Å². The highest BCUT2D eigenvalue weighted by Crippen LogP contribution is 2.37. The maximum atomic E-state index is 10.4. The van der Waals surface area contributed by atoms with Gasteiger partial charge >= 0.3 is 0 Å². The highest BCUT2D eigenvalue weighted by Gasteiger charge is 2.31. The molecule has 0 spiro atoms. The Morgan fingerprint density at radius 3 is 2.06 bits per heavy atom. The minimum atomic E-state index is -0.537. The third kappa shape index (κ3) is 3.84. The third-order valence-corrected chi connectivity index (χ3v) is 3.83. The molecule has 1 unspecified atom stereocenters. The summed E-state index contributed by atoms with van der Waals surface area (Å²) in [4.78, 5) is 0. The number of benzene rings is 1. The fourth-order valence-corrected chi connectivity index (χ4v) is 2.58. The maximum Gasteiger partial charge on any atom is 0.0662 e. The first-order valence-electron chi connectivity index (χ1n) is 7.08. The van der Waals surface area contributed by atoms with Crippen molar-refractivity contribution in [3.05, 3.63) is 35.4 Å². The van der Waals surface area contributed by atoms with Gasteiger partial charge < -0.3 is 5.11 Å². The van der Waals surface area contributed by atoms with Crippen molar-refractivity contribution >= 4 is 0 Å². The van der Waals surface area contributed by atoms with Crippen molar-refractivity contribution in [2.24, 2.45) is 5.92 Å². The molecule has 0 aromatic heterocycles. The zero-order chi connectivity index (χ0) is 13.4. The molecule has 1 nitrogen and oxygen atoms in total. The molecule has 1 aliphatic carbocycles. The van der Waals surface area contributed by atoms with Crippen LogP contribution in [0.5, 0.6) is 0 Å². The first-order valence-corrected chi connectivity index (χ1v) is 7.08. The van der Waals surface area contributed by atoms with Crippen molar-refractivity contribution in [1.29, 1.82) is 0 Å². The molecule has 0 saturated heterocycles. The molecule has 18 heavy (non-hydrogen) atoms. The SMILES string of the molecule is CC(O)(Cc1ccc(C(C)(C)C)cc1)CC1CC1. The summed E-state index contributed by atoms with van der Waals surface area (Å²) in [6.07, 6.45) is 4.33. The molecule has 0 heterocycles. The van der Waals surface area contributed by atoms with Crippen molar-refractivity contribution in [1.82, 2.24) is 0 Å². The second kappa shape index (κ2) is 4.70. The Bertz CT molecular complexity index is 391. The number of hydrogen-bond donors (Lipinski definition) is 1. The standard InChI is InChI=1S/C17H26O/c1-16(2,3)15-9-7-14(8-10-15)12-17(4,18)11-13-5-6-13/h7-10,13,18H,5-6,11-12H2,1-4H3. The van der Waals surface area contributed by atoms with Gasteiger partial charge in [0, 0.05) is 6.42 Å². The number of hydrogen-bond acceptors (Lipinski definition) is 1. The number of rotatable bonds is 4. The van der Waals surface area contributed by atoms with Gasteiger partial charge in [-0.15, -0.1) is 0 Å². The van der Waals surface area contributed by atoms with Crippen LogP contribution in [0, 0.1) is 5.92 Å². The van der Waals surface area contributed by atoms with E-state index in [9.17, 15) is 5.11 Å². The fraction of sp³-hybridized carbons (Fsp3) is 0.647. The van der Waals surface area contributed by atoms with Crippen LogP contribution in [0.1, 0.15) is 58.1 Å². The van der Waals surface area contributed by atoms with E-state index in [0.717, 1.165) is 18.8 Å². The van der Waals surface area contributed by atoms with Gasteiger partial charge in [0.15, 0.2) is 0 Å². The quantitative estimate of drug-likeness (QED) is 0.849. The summed E-state index contributed by atoms with van der Waals surface area (Å²) in [7, 11) is 0. The molecule has 1 atom stereocenters. The molecule has 1 N–H and O–H groups in total. The van der Waals surface area contributed by atoms with E-state index in [1.165, 1.54) is 24.0 Å². The lowest BCUT2D eigenvalue weighted by Crippen LogP contribution is -2.27. The van der Waals surface area contributed by atoms with Crippen LogP contribution in [0.4, 0.5) is 0 Å². The summed E-state index contributed by atoms with van der Waals surface area (Å²) in [5, 5.41) is 10.4. The van der Waals surface area contributed by atoms with E-state index in [1.54, 1.807) is 0 Å². The average molecular weight is 246 g/mol. The average Bonchev–Trinajstić information content (AvgIpc) is 2.99. The van der Waals surface area contributed by atoms with E-state index in [0.29, 0.717) is 0 Å². The summed E-state index contributed by atoms with van der Waals surface area (Å²) < 4.78 is 0. The predicted molar refractivity (Wildman–Crippen MR) is 76.8 cm³/mol. The summed E-state index contributed by atoms with van der Waals surface area (Å²) in [5.41, 5.74) is 2.26. The topological polar surface area (TPSA) is 20.2 Å². The van der Waals surface area contributed by atoms with Crippen LogP contribution in [0.2, 0.25) is 0 Å². The molecule has 0 amide bonds. The van der Waals surface area contributed by atoms with Crippen LogP contribution in [-0.2, 0) is 11.8 Å². The molecule has 1 aliphatic rings. The molecule has 1 aromatic carbocycles. The molecule has 0 aliphatic heterocycles. The molecule has 1 aromatic rings. The van der Waals surface area contributed by atoms with Crippen LogP contribution in [-0.4, -0.2) is 10.7 Å². The van der Waals surface area contributed by atoms with E-state index in [-0.39, 0.29) is 5.41 Å². The Morgan fingerprint density at radius 2 is 1.61 bits per heavy atom. The molecular weight excluding hydrogens is 220 g/mol. The second-order valence-corrected chi connectivity index (χ2v) is 7.27. The highest BCUT2D eigenvalue weighted by molar-refractivity contribution is 5.28. The van der Waals surface area contributed by atoms with E-state index in [4.69, 9.17) is 0 Å². The summed E-state index contributed by atoms with van der Waals surface area (Å²) >= 11 is 0. The zero-order valence-electron chi connectivity index (χ0n) is 12.2. The van der Waals surface area contributed by atoms with Gasteiger partial charge in [-0.05, 0) is 35.8 Å². The van der Waals surface area contributed by atoms with Gasteiger partial charge in [0.1, 0.15) is 0 Å². The van der Waals surface area contributed by atoms with Gasteiger partial charge in [-0.2, -0.15) is 0 Å². The van der Waals surface area contributed by atoms with Gasteiger partial charge in [0.25, 0.3) is 0 Å². The highest BCUT2D eigenvalue weighted by atomic mass is 16.3. The molecule has 100 valence electrons. The first-order chi connectivity index (χ1) is 8.26. The second-order valence-electron chi connectivity index (χ2n) is 7.27. The Balaban J connectivity index is 2.01. The van der Waals surface area contributed by atoms with Crippen molar-refractivity contribution in [2.45, 2.75) is 64.4 Å². The fourth-order valence-electron chi connectivity index (χ4n) is 2.58. The first kappa shape index (κ1) is 13.6. The normalized spacial score (nSPS) is 19.6. The van der Waals surface area contributed by atoms with Gasteiger partial charge in [0.05, 0.1) is 5.60 Å². The van der Waals surface area contributed by atoms with Crippen molar-refractivity contribution in [2.75, 3.05) is 0 Å². The summed E-state index contributed by atoms with van der Waals surface area (Å²) in [6.45, 7) is 8.66. The molecule has 1 heteroatoms. The van der Waals surface area contributed by atoms with E-state index in [2.05, 4.69) is 45.0 Å². The van der Waals surface area contributed by atoms with Crippen molar-refractivity contribution in [3.63, 3.8) is 0 Å². The van der Waals surface area contributed by atoms with Gasteiger partial charge in [-0.25, -0.2) is 0 Å². The molecule has 0 radical (unpaired) electrons. The minimum Gasteiger partial charge on any atom is -0.390 e. The third-order valence-electron chi connectivity index (χ3n) is 3.83. The molecule has 1 saturated carbocycles. The Hall–Kier alpha value is -0.820. The Kier molecular flexibility index (Phi) is 3.55. The monoisotopic (exact) mass is 246 g/mol. The number of aliphatic hydroxyl groups is 1. The van der Waals surface area contributed by atoms with E-state index < -0.39 is 5.60 Å². The van der Waals surface area contributed by atoms with Crippen LogP contribution < -0.4 is 0 Å². The zero-order valence-corrected chi connectivity index (χ0v) is 12.2. The van der Waals surface area contributed by atoms with Gasteiger partial charge in [0.2, 0.25) is 0 Å². The van der Waals surface area contributed by atoms with Crippen molar-refractivity contribution in [3.8, 4) is 0 Å². The molecule has 2 rings (SSSR count). The van der Waals surface area contributed by atoms with Gasteiger partial charge in [-0.1, -0.05) is 57.9 Å². The minimum absolute atomic E-state index is 0.203. The Labute approximate surface area is 111 Å². The van der Waals surface area contributed by atoms with Crippen molar-refractivity contribution < 1.29 is 5.11 Å². The van der Waals surface area contributed by atoms with Crippen LogP contribution in [0.3, 0.4) is 0 Å². The lowest BCUT2D eigenvalue weighted by molar-refractivity contribution is 0.0455. The smallest absolute Gasteiger partial charge is 0.0662 e. The molecule has 1 fully saturated rings. The lowest BCUT2D eigenvalue weighted by atomic mass is 9.85. The predicted octanol–water partition coefficient (Wildman–Crippen LogP) is 4.08. The van der Waals surface area contributed by atoms with E-state index >= 15 is 0 Å². The lowest BCUT2D eigenvalue weighted by Gasteiger charge is -2.24. The van der Waals surface area contributed by atoms with E-state index in [1.807, 2.05) is 6.92 Å².